The van der Waals surface area contributed by atoms with Crippen molar-refractivity contribution in [1.29, 1.82) is 0 Å². The van der Waals surface area contributed by atoms with Gasteiger partial charge < -0.3 is 13.6 Å². The molecule has 0 aromatic heterocycles. The van der Waals surface area contributed by atoms with Crippen molar-refractivity contribution in [2.75, 3.05) is 6.61 Å². The number of hydrogen-bond donors (Lipinski definition) is 0. The van der Waals surface area contributed by atoms with Crippen LogP contribution in [0.3, 0.4) is 0 Å². The lowest BCUT2D eigenvalue weighted by atomic mass is 10.2. The molecule has 0 aromatic rings. The summed E-state index contributed by atoms with van der Waals surface area (Å²) in [5, 5.41) is 0. The molecule has 0 saturated carbocycles. The van der Waals surface area contributed by atoms with Crippen molar-refractivity contribution in [3.05, 3.63) is 0 Å². The molecule has 0 spiro atoms. The van der Waals surface area contributed by atoms with Gasteiger partial charge in [0, 0.05) is 0 Å². The third kappa shape index (κ3) is 3.36. The molecule has 1 aliphatic heterocycles. The standard InChI is InChI=1S/C8H17O3P/c1-7(2,3)10-12-9-6-8(4,5)11-12/h6H2,1-5H3. The van der Waals surface area contributed by atoms with Crippen molar-refractivity contribution < 1.29 is 13.6 Å². The maximum absolute atomic E-state index is 5.55. The van der Waals surface area contributed by atoms with Gasteiger partial charge >= 0.3 is 8.60 Å². The van der Waals surface area contributed by atoms with E-state index >= 15 is 0 Å². The third-order valence-electron chi connectivity index (χ3n) is 1.19. The molecule has 1 rings (SSSR count). The molecule has 0 bridgehead atoms. The Bertz CT molecular complexity index is 162. The predicted octanol–water partition coefficient (Wildman–Crippen LogP) is 2.85. The van der Waals surface area contributed by atoms with E-state index in [1.165, 1.54) is 0 Å². The van der Waals surface area contributed by atoms with Crippen LogP contribution in [0.4, 0.5) is 0 Å². The van der Waals surface area contributed by atoms with Gasteiger partial charge in [0.1, 0.15) is 0 Å². The van der Waals surface area contributed by atoms with Crippen LogP contribution in [0.5, 0.6) is 0 Å². The largest absolute Gasteiger partial charge is 0.333 e. The molecule has 12 heavy (non-hydrogen) atoms. The van der Waals surface area contributed by atoms with Gasteiger partial charge in [-0.2, -0.15) is 0 Å². The van der Waals surface area contributed by atoms with E-state index in [2.05, 4.69) is 0 Å². The molecule has 1 heterocycles. The van der Waals surface area contributed by atoms with Gasteiger partial charge in [-0.15, -0.1) is 0 Å². The fourth-order valence-corrected chi connectivity index (χ4v) is 2.19. The minimum absolute atomic E-state index is 0.184. The van der Waals surface area contributed by atoms with Gasteiger partial charge in [-0.25, -0.2) is 0 Å². The fraction of sp³-hybridized carbons (Fsp3) is 1.00. The quantitative estimate of drug-likeness (QED) is 0.598. The van der Waals surface area contributed by atoms with Gasteiger partial charge in [-0.3, -0.25) is 0 Å². The van der Waals surface area contributed by atoms with Gasteiger partial charge in [0.15, 0.2) is 0 Å². The topological polar surface area (TPSA) is 27.7 Å². The molecular formula is C8H17O3P. The second kappa shape index (κ2) is 3.22. The first-order valence-corrected chi connectivity index (χ1v) is 5.19. The van der Waals surface area contributed by atoms with Crippen LogP contribution in [0.1, 0.15) is 34.6 Å². The van der Waals surface area contributed by atoms with E-state index < -0.39 is 8.60 Å². The Balaban J connectivity index is 2.39. The van der Waals surface area contributed by atoms with Crippen molar-refractivity contribution in [2.24, 2.45) is 0 Å². The highest BCUT2D eigenvalue weighted by atomic mass is 31.2. The predicted molar refractivity (Wildman–Crippen MR) is 48.9 cm³/mol. The van der Waals surface area contributed by atoms with Crippen LogP contribution in [-0.4, -0.2) is 17.8 Å². The Kier molecular flexibility index (Phi) is 2.79. The van der Waals surface area contributed by atoms with E-state index in [-0.39, 0.29) is 11.2 Å². The average molecular weight is 192 g/mol. The lowest BCUT2D eigenvalue weighted by molar-refractivity contribution is 0.0881. The second-order valence-electron chi connectivity index (χ2n) is 4.55. The molecule has 0 amide bonds. The Labute approximate surface area is 75.4 Å². The summed E-state index contributed by atoms with van der Waals surface area (Å²) in [6.07, 6.45) is 0. The summed E-state index contributed by atoms with van der Waals surface area (Å²) in [5.41, 5.74) is -0.372. The Morgan fingerprint density at radius 2 is 1.92 bits per heavy atom. The van der Waals surface area contributed by atoms with E-state index in [1.807, 2.05) is 34.6 Å². The zero-order chi connectivity index (χ0) is 9.41. The van der Waals surface area contributed by atoms with Gasteiger partial charge in [-0.05, 0) is 34.6 Å². The molecule has 0 aliphatic carbocycles. The molecular weight excluding hydrogens is 175 g/mol. The summed E-state index contributed by atoms with van der Waals surface area (Å²) >= 11 is 0. The molecule has 1 atom stereocenters. The van der Waals surface area contributed by atoms with Gasteiger partial charge in [0.25, 0.3) is 0 Å². The Morgan fingerprint density at radius 3 is 2.25 bits per heavy atom. The lowest BCUT2D eigenvalue weighted by Gasteiger charge is -2.22. The fourth-order valence-electron chi connectivity index (χ4n) is 0.731. The maximum atomic E-state index is 5.55. The first-order valence-electron chi connectivity index (χ1n) is 4.10. The number of hydrogen-bond acceptors (Lipinski definition) is 3. The summed E-state index contributed by atoms with van der Waals surface area (Å²) < 4.78 is 16.5. The van der Waals surface area contributed by atoms with E-state index in [0.29, 0.717) is 6.61 Å². The lowest BCUT2D eigenvalue weighted by Crippen LogP contribution is -2.21. The Morgan fingerprint density at radius 1 is 1.33 bits per heavy atom. The summed E-state index contributed by atoms with van der Waals surface area (Å²) in [4.78, 5) is 0. The molecule has 3 nitrogen and oxygen atoms in total. The van der Waals surface area contributed by atoms with Crippen molar-refractivity contribution in [3.8, 4) is 0 Å². The van der Waals surface area contributed by atoms with E-state index in [1.54, 1.807) is 0 Å². The smallest absolute Gasteiger partial charge is 0.309 e. The highest BCUT2D eigenvalue weighted by Crippen LogP contribution is 2.52. The molecule has 1 fully saturated rings. The zero-order valence-electron chi connectivity index (χ0n) is 8.38. The van der Waals surface area contributed by atoms with Crippen molar-refractivity contribution in [3.63, 3.8) is 0 Å². The zero-order valence-corrected chi connectivity index (χ0v) is 9.27. The molecule has 0 aromatic carbocycles. The minimum atomic E-state index is -1.12. The number of rotatable bonds is 1. The van der Waals surface area contributed by atoms with Crippen LogP contribution in [0.2, 0.25) is 0 Å². The maximum Gasteiger partial charge on any atom is 0.333 e. The first-order chi connectivity index (χ1) is 5.29. The molecule has 0 radical (unpaired) electrons. The van der Waals surface area contributed by atoms with Crippen LogP contribution >= 0.6 is 8.60 Å². The monoisotopic (exact) mass is 192 g/mol. The van der Waals surface area contributed by atoms with Crippen LogP contribution in [0.15, 0.2) is 0 Å². The van der Waals surface area contributed by atoms with Crippen molar-refractivity contribution >= 4 is 8.60 Å². The van der Waals surface area contributed by atoms with Crippen molar-refractivity contribution in [1.82, 2.24) is 0 Å². The van der Waals surface area contributed by atoms with Gasteiger partial charge in [0.2, 0.25) is 0 Å². The van der Waals surface area contributed by atoms with E-state index in [9.17, 15) is 0 Å². The molecule has 1 unspecified atom stereocenters. The normalized spacial score (nSPS) is 29.2. The van der Waals surface area contributed by atoms with Crippen LogP contribution < -0.4 is 0 Å². The third-order valence-corrected chi connectivity index (χ3v) is 2.87. The van der Waals surface area contributed by atoms with Crippen LogP contribution in [-0.2, 0) is 13.6 Å². The summed E-state index contributed by atoms with van der Waals surface area (Å²) in [5.74, 6) is 0. The minimum Gasteiger partial charge on any atom is -0.309 e. The van der Waals surface area contributed by atoms with Gasteiger partial charge in [-0.1, -0.05) is 0 Å². The summed E-state index contributed by atoms with van der Waals surface area (Å²) in [7, 11) is -1.12. The SMILES string of the molecule is CC(C)(C)OP1OCC(C)(C)O1. The molecule has 1 aliphatic rings. The van der Waals surface area contributed by atoms with Crippen molar-refractivity contribution in [2.45, 2.75) is 45.8 Å². The summed E-state index contributed by atoms with van der Waals surface area (Å²) in [6.45, 7) is 10.6. The first kappa shape index (κ1) is 10.4. The summed E-state index contributed by atoms with van der Waals surface area (Å²) in [6, 6.07) is 0. The Hall–Kier alpha value is 0.310. The molecule has 72 valence electrons. The van der Waals surface area contributed by atoms with Gasteiger partial charge in [0.05, 0.1) is 17.8 Å². The van der Waals surface area contributed by atoms with E-state index in [0.717, 1.165) is 0 Å². The molecule has 1 saturated heterocycles. The molecule has 0 N–H and O–H groups in total. The highest BCUT2D eigenvalue weighted by molar-refractivity contribution is 7.42. The highest BCUT2D eigenvalue weighted by Gasteiger charge is 2.37. The van der Waals surface area contributed by atoms with E-state index in [4.69, 9.17) is 13.6 Å². The van der Waals surface area contributed by atoms with Crippen LogP contribution in [0.25, 0.3) is 0 Å². The van der Waals surface area contributed by atoms with Crippen LogP contribution in [0, 0.1) is 0 Å². The second-order valence-corrected chi connectivity index (χ2v) is 5.62. The average Bonchev–Trinajstić information content (AvgIpc) is 2.05. The molecule has 4 heteroatoms.